The van der Waals surface area contributed by atoms with Crippen molar-refractivity contribution in [2.45, 2.75) is 32.4 Å². The van der Waals surface area contributed by atoms with Gasteiger partial charge in [-0.2, -0.15) is 0 Å². The van der Waals surface area contributed by atoms with Crippen molar-refractivity contribution >= 4 is 11.0 Å². The maximum Gasteiger partial charge on any atom is 0.126 e. The summed E-state index contributed by atoms with van der Waals surface area (Å²) in [5.41, 5.74) is 7.50. The van der Waals surface area contributed by atoms with Crippen molar-refractivity contribution in [3.63, 3.8) is 0 Å². The van der Waals surface area contributed by atoms with Gasteiger partial charge in [0, 0.05) is 12.6 Å². The van der Waals surface area contributed by atoms with Gasteiger partial charge in [-0.1, -0.05) is 0 Å². The third-order valence-corrected chi connectivity index (χ3v) is 3.75. The first kappa shape index (κ1) is 14.8. The summed E-state index contributed by atoms with van der Waals surface area (Å²) < 4.78 is 2.25. The zero-order valence-corrected chi connectivity index (χ0v) is 12.5. The molecule has 20 heavy (non-hydrogen) atoms. The molecule has 0 bridgehead atoms. The molecule has 5 nitrogen and oxygen atoms in total. The summed E-state index contributed by atoms with van der Waals surface area (Å²) in [5, 5.41) is 9.62. The first-order valence-corrected chi connectivity index (χ1v) is 7.10. The zero-order chi connectivity index (χ0) is 14.7. The van der Waals surface area contributed by atoms with Crippen LogP contribution in [0.4, 0.5) is 0 Å². The molecule has 2 rings (SSSR count). The quantitative estimate of drug-likeness (QED) is 0.793. The Morgan fingerprint density at radius 3 is 2.75 bits per heavy atom. The summed E-state index contributed by atoms with van der Waals surface area (Å²) in [4.78, 5) is 6.84. The van der Waals surface area contributed by atoms with Gasteiger partial charge in [0.05, 0.1) is 17.1 Å². The molecule has 1 atom stereocenters. The molecule has 1 heterocycles. The standard InChI is InChI=1S/C15H24N4O/c1-11(18(2)3)15-17-13-10-12(20)6-7-14(13)19(15)9-5-4-8-16/h6-7,10-11,20H,4-5,8-9,16H2,1-3H3. The van der Waals surface area contributed by atoms with Crippen molar-refractivity contribution in [3.05, 3.63) is 24.0 Å². The van der Waals surface area contributed by atoms with E-state index < -0.39 is 0 Å². The second-order valence-electron chi connectivity index (χ2n) is 5.43. The van der Waals surface area contributed by atoms with Gasteiger partial charge in [0.15, 0.2) is 0 Å². The number of fused-ring (bicyclic) bond motifs is 1. The van der Waals surface area contributed by atoms with E-state index in [4.69, 9.17) is 10.7 Å². The van der Waals surface area contributed by atoms with E-state index in [1.54, 1.807) is 12.1 Å². The van der Waals surface area contributed by atoms with Crippen LogP contribution in [-0.4, -0.2) is 40.2 Å². The van der Waals surface area contributed by atoms with Crippen LogP contribution in [0.2, 0.25) is 0 Å². The molecule has 0 aliphatic carbocycles. The average molecular weight is 276 g/mol. The highest BCUT2D eigenvalue weighted by Crippen LogP contribution is 2.26. The highest BCUT2D eigenvalue weighted by molar-refractivity contribution is 5.77. The van der Waals surface area contributed by atoms with E-state index in [1.807, 2.05) is 20.2 Å². The second kappa shape index (κ2) is 6.24. The number of hydrogen-bond acceptors (Lipinski definition) is 4. The fourth-order valence-corrected chi connectivity index (χ4v) is 2.34. The summed E-state index contributed by atoms with van der Waals surface area (Å²) in [6.07, 6.45) is 2.05. The van der Waals surface area contributed by atoms with Crippen LogP contribution in [0.15, 0.2) is 18.2 Å². The lowest BCUT2D eigenvalue weighted by molar-refractivity contribution is 0.301. The first-order valence-electron chi connectivity index (χ1n) is 7.10. The van der Waals surface area contributed by atoms with Crippen LogP contribution < -0.4 is 5.73 Å². The smallest absolute Gasteiger partial charge is 0.126 e. The second-order valence-corrected chi connectivity index (χ2v) is 5.43. The molecule has 2 aromatic rings. The monoisotopic (exact) mass is 276 g/mol. The Morgan fingerprint density at radius 2 is 2.10 bits per heavy atom. The van der Waals surface area contributed by atoms with Crippen LogP contribution in [0.3, 0.4) is 0 Å². The Hall–Kier alpha value is -1.59. The number of unbranched alkanes of at least 4 members (excludes halogenated alkanes) is 1. The van der Waals surface area contributed by atoms with Gasteiger partial charge < -0.3 is 15.4 Å². The number of nitrogens with zero attached hydrogens (tertiary/aromatic N) is 3. The van der Waals surface area contributed by atoms with E-state index in [2.05, 4.69) is 16.4 Å². The predicted octanol–water partition coefficient (Wildman–Crippen LogP) is 2.10. The Balaban J connectivity index is 2.44. The van der Waals surface area contributed by atoms with Crippen LogP contribution >= 0.6 is 0 Å². The molecule has 110 valence electrons. The van der Waals surface area contributed by atoms with Gasteiger partial charge in [-0.05, 0) is 52.5 Å². The molecular weight excluding hydrogens is 252 g/mol. The lowest BCUT2D eigenvalue weighted by Crippen LogP contribution is -2.21. The minimum atomic E-state index is 0.224. The molecule has 0 saturated carbocycles. The Morgan fingerprint density at radius 1 is 1.35 bits per heavy atom. The first-order chi connectivity index (χ1) is 9.54. The molecule has 0 amide bonds. The van der Waals surface area contributed by atoms with E-state index in [1.165, 1.54) is 0 Å². The van der Waals surface area contributed by atoms with Crippen LogP contribution in [0, 0.1) is 0 Å². The van der Waals surface area contributed by atoms with Gasteiger partial charge in [-0.25, -0.2) is 4.98 Å². The van der Waals surface area contributed by atoms with Crippen molar-refractivity contribution in [1.82, 2.24) is 14.5 Å². The number of aromatic hydroxyl groups is 1. The maximum atomic E-state index is 9.62. The molecule has 0 spiro atoms. The summed E-state index contributed by atoms with van der Waals surface area (Å²) in [7, 11) is 4.09. The normalized spacial score (nSPS) is 13.2. The highest BCUT2D eigenvalue weighted by atomic mass is 16.3. The number of aromatic nitrogens is 2. The molecule has 0 aliphatic heterocycles. The maximum absolute atomic E-state index is 9.62. The summed E-state index contributed by atoms with van der Waals surface area (Å²) in [6.45, 7) is 3.76. The van der Waals surface area contributed by atoms with E-state index in [0.717, 1.165) is 36.2 Å². The Labute approximate surface area is 120 Å². The van der Waals surface area contributed by atoms with Crippen LogP contribution in [-0.2, 0) is 6.54 Å². The molecule has 0 aliphatic rings. The molecule has 0 saturated heterocycles. The van der Waals surface area contributed by atoms with Gasteiger partial charge in [-0.3, -0.25) is 4.90 Å². The number of benzene rings is 1. The SMILES string of the molecule is CC(c1nc2cc(O)ccc2n1CCCCN)N(C)C. The Kier molecular flexibility index (Phi) is 4.62. The number of imidazole rings is 1. The van der Waals surface area contributed by atoms with Crippen molar-refractivity contribution in [1.29, 1.82) is 0 Å². The minimum absolute atomic E-state index is 0.224. The number of aryl methyl sites for hydroxylation is 1. The highest BCUT2D eigenvalue weighted by Gasteiger charge is 2.18. The number of hydrogen-bond donors (Lipinski definition) is 2. The largest absolute Gasteiger partial charge is 0.508 e. The average Bonchev–Trinajstić information content (AvgIpc) is 2.76. The minimum Gasteiger partial charge on any atom is -0.508 e. The number of phenolic OH excluding ortho intramolecular Hbond substituents is 1. The molecular formula is C15H24N4O. The van der Waals surface area contributed by atoms with Crippen LogP contribution in [0.25, 0.3) is 11.0 Å². The third-order valence-electron chi connectivity index (χ3n) is 3.75. The van der Waals surface area contributed by atoms with E-state index in [9.17, 15) is 5.11 Å². The molecule has 1 aromatic heterocycles. The van der Waals surface area contributed by atoms with Gasteiger partial charge in [0.1, 0.15) is 11.6 Å². The lowest BCUT2D eigenvalue weighted by Gasteiger charge is -2.20. The predicted molar refractivity (Wildman–Crippen MR) is 81.8 cm³/mol. The summed E-state index contributed by atoms with van der Waals surface area (Å²) >= 11 is 0. The molecule has 0 radical (unpaired) electrons. The van der Waals surface area contributed by atoms with Gasteiger partial charge in [0.25, 0.3) is 0 Å². The number of phenols is 1. The number of rotatable bonds is 6. The Bertz CT molecular complexity index is 577. The van der Waals surface area contributed by atoms with Crippen molar-refractivity contribution in [3.8, 4) is 5.75 Å². The molecule has 5 heteroatoms. The van der Waals surface area contributed by atoms with Crippen molar-refractivity contribution < 1.29 is 5.11 Å². The fraction of sp³-hybridized carbons (Fsp3) is 0.533. The summed E-state index contributed by atoms with van der Waals surface area (Å²) in [5.74, 6) is 1.29. The van der Waals surface area contributed by atoms with E-state index in [0.29, 0.717) is 6.54 Å². The molecule has 3 N–H and O–H groups in total. The summed E-state index contributed by atoms with van der Waals surface area (Å²) in [6, 6.07) is 5.60. The van der Waals surface area contributed by atoms with Crippen LogP contribution in [0.1, 0.15) is 31.6 Å². The van der Waals surface area contributed by atoms with E-state index in [-0.39, 0.29) is 11.8 Å². The zero-order valence-electron chi connectivity index (χ0n) is 12.5. The fourth-order valence-electron chi connectivity index (χ4n) is 2.34. The van der Waals surface area contributed by atoms with Crippen LogP contribution in [0.5, 0.6) is 5.75 Å². The molecule has 0 fully saturated rings. The lowest BCUT2D eigenvalue weighted by atomic mass is 10.2. The van der Waals surface area contributed by atoms with Gasteiger partial charge in [0.2, 0.25) is 0 Å². The van der Waals surface area contributed by atoms with Gasteiger partial charge in [-0.15, -0.1) is 0 Å². The van der Waals surface area contributed by atoms with E-state index >= 15 is 0 Å². The van der Waals surface area contributed by atoms with Crippen molar-refractivity contribution in [2.24, 2.45) is 5.73 Å². The number of nitrogens with two attached hydrogens (primary N) is 1. The third kappa shape index (κ3) is 2.94. The molecule has 1 aromatic carbocycles. The topological polar surface area (TPSA) is 67.3 Å². The van der Waals surface area contributed by atoms with Crippen molar-refractivity contribution in [2.75, 3.05) is 20.6 Å². The van der Waals surface area contributed by atoms with Gasteiger partial charge >= 0.3 is 0 Å². The molecule has 1 unspecified atom stereocenters.